The van der Waals surface area contributed by atoms with E-state index in [-0.39, 0.29) is 5.75 Å². The summed E-state index contributed by atoms with van der Waals surface area (Å²) in [5.74, 6) is 0.780. The van der Waals surface area contributed by atoms with Crippen molar-refractivity contribution in [1.82, 2.24) is 4.98 Å². The number of benzene rings is 2. The molecule has 1 aliphatic rings. The third kappa shape index (κ3) is 3.04. The molecule has 0 N–H and O–H groups in total. The van der Waals surface area contributed by atoms with E-state index in [1.54, 1.807) is 17.4 Å². The van der Waals surface area contributed by atoms with Crippen LogP contribution in [0, 0.1) is 5.92 Å². The molecule has 1 fully saturated rings. The summed E-state index contributed by atoms with van der Waals surface area (Å²) in [5.41, 5.74) is 2.06. The van der Waals surface area contributed by atoms with Crippen molar-refractivity contribution in [3.8, 4) is 5.75 Å². The Bertz CT molecular complexity index is 791. The largest absolute Gasteiger partial charge is 0.348 e. The highest BCUT2D eigenvalue weighted by molar-refractivity contribution is 7.22. The number of hydrogen-bond acceptors (Lipinski definition) is 3. The number of nitrogens with zero attached hydrogens (tertiary/aromatic N) is 2. The van der Waals surface area contributed by atoms with Crippen molar-refractivity contribution in [2.45, 2.75) is 19.3 Å². The predicted molar refractivity (Wildman–Crippen MR) is 94.8 cm³/mol. The number of fused-ring (bicyclic) bond motifs is 1. The van der Waals surface area contributed by atoms with Crippen molar-refractivity contribution in [3.63, 3.8) is 0 Å². The number of hydrogen-bond donors (Lipinski definition) is 0. The van der Waals surface area contributed by atoms with Crippen molar-refractivity contribution in [2.75, 3.05) is 18.0 Å². The number of rotatable bonds is 3. The molecule has 1 radical (unpaired) electrons. The minimum absolute atomic E-state index is 0.0314. The van der Waals surface area contributed by atoms with Gasteiger partial charge in [0.2, 0.25) is 5.75 Å². The molecule has 2 heterocycles. The molecule has 0 saturated carbocycles. The quantitative estimate of drug-likeness (QED) is 0.687. The first-order valence-corrected chi connectivity index (χ1v) is 8.97. The van der Waals surface area contributed by atoms with E-state index in [4.69, 9.17) is 0 Å². The second-order valence-corrected chi connectivity index (χ2v) is 7.23. The van der Waals surface area contributed by atoms with E-state index in [1.165, 1.54) is 24.8 Å². The van der Waals surface area contributed by atoms with Crippen LogP contribution in [0.25, 0.3) is 10.2 Å². The van der Waals surface area contributed by atoms with Crippen molar-refractivity contribution < 1.29 is 5.11 Å². The van der Waals surface area contributed by atoms with Gasteiger partial charge in [0.25, 0.3) is 0 Å². The molecular formula is C19H19N2OS. The molecule has 0 aliphatic carbocycles. The van der Waals surface area contributed by atoms with Gasteiger partial charge in [0.1, 0.15) is 5.52 Å². The second kappa shape index (κ2) is 6.20. The molecule has 1 aromatic heterocycles. The van der Waals surface area contributed by atoms with Crippen molar-refractivity contribution in [3.05, 3.63) is 54.1 Å². The first kappa shape index (κ1) is 14.5. The second-order valence-electron chi connectivity index (χ2n) is 6.22. The van der Waals surface area contributed by atoms with Crippen molar-refractivity contribution >= 4 is 26.7 Å². The van der Waals surface area contributed by atoms with Gasteiger partial charge in [-0.2, -0.15) is 0 Å². The van der Waals surface area contributed by atoms with Crippen LogP contribution in [-0.4, -0.2) is 18.1 Å². The molecule has 4 rings (SSSR count). The third-order valence-corrected chi connectivity index (χ3v) is 5.70. The lowest BCUT2D eigenvalue weighted by Crippen LogP contribution is -2.34. The predicted octanol–water partition coefficient (Wildman–Crippen LogP) is 4.90. The summed E-state index contributed by atoms with van der Waals surface area (Å²) >= 11 is 1.64. The van der Waals surface area contributed by atoms with Gasteiger partial charge >= 0.3 is 0 Å². The standard InChI is InChI=1S/C19H19N2OS/c22-16-7-4-8-17-18(16)20-19(23-17)21-11-9-15(10-12-21)13-14-5-2-1-3-6-14/h1-8,15H,9-13H2. The lowest BCUT2D eigenvalue weighted by molar-refractivity contribution is 0.359. The van der Waals surface area contributed by atoms with E-state index in [0.29, 0.717) is 5.52 Å². The van der Waals surface area contributed by atoms with Crippen molar-refractivity contribution in [1.29, 1.82) is 0 Å². The molecule has 3 nitrogen and oxygen atoms in total. The minimum Gasteiger partial charge on any atom is -0.348 e. The molecule has 0 atom stereocenters. The summed E-state index contributed by atoms with van der Waals surface area (Å²) in [7, 11) is 0. The van der Waals surface area contributed by atoms with Gasteiger partial charge in [-0.25, -0.2) is 4.98 Å². The fourth-order valence-corrected chi connectivity index (χ4v) is 4.36. The Kier molecular flexibility index (Phi) is 3.92. The lowest BCUT2D eigenvalue weighted by Gasteiger charge is -2.31. The smallest absolute Gasteiger partial charge is 0.205 e. The van der Waals surface area contributed by atoms with E-state index in [9.17, 15) is 5.11 Å². The van der Waals surface area contributed by atoms with E-state index >= 15 is 0 Å². The zero-order valence-corrected chi connectivity index (χ0v) is 13.8. The van der Waals surface area contributed by atoms with Crippen LogP contribution in [0.3, 0.4) is 0 Å². The number of para-hydroxylation sites is 1. The Balaban J connectivity index is 1.43. The molecule has 3 aromatic rings. The van der Waals surface area contributed by atoms with Crippen LogP contribution in [-0.2, 0) is 11.5 Å². The van der Waals surface area contributed by atoms with Crippen LogP contribution in [0.2, 0.25) is 0 Å². The highest BCUT2D eigenvalue weighted by atomic mass is 32.1. The maximum Gasteiger partial charge on any atom is 0.205 e. The number of thiazole rings is 1. The molecule has 2 aromatic carbocycles. The van der Waals surface area contributed by atoms with E-state index in [1.807, 2.05) is 12.1 Å². The van der Waals surface area contributed by atoms with E-state index in [2.05, 4.69) is 40.2 Å². The minimum atomic E-state index is 0.0314. The SMILES string of the molecule is [O]c1cccc2sc(N3CCC(Cc4ccccc4)CC3)nc12. The average Bonchev–Trinajstić information content (AvgIpc) is 3.02. The molecule has 4 heteroatoms. The summed E-state index contributed by atoms with van der Waals surface area (Å²) in [6.07, 6.45) is 3.54. The average molecular weight is 323 g/mol. The molecular weight excluding hydrogens is 304 g/mol. The van der Waals surface area contributed by atoms with Crippen LogP contribution in [0.5, 0.6) is 5.75 Å². The Morgan fingerprint density at radius 2 is 1.83 bits per heavy atom. The van der Waals surface area contributed by atoms with Gasteiger partial charge < -0.3 is 4.90 Å². The summed E-state index contributed by atoms with van der Waals surface area (Å²) in [6, 6.07) is 16.1. The lowest BCUT2D eigenvalue weighted by atomic mass is 9.90. The summed E-state index contributed by atoms with van der Waals surface area (Å²) in [5, 5.41) is 12.9. The number of piperidine rings is 1. The molecule has 0 spiro atoms. The Morgan fingerprint density at radius 1 is 1.04 bits per heavy atom. The van der Waals surface area contributed by atoms with Gasteiger partial charge in [-0.05, 0) is 42.9 Å². The molecule has 1 saturated heterocycles. The molecule has 1 aliphatic heterocycles. The van der Waals surface area contributed by atoms with Crippen LogP contribution in [0.15, 0.2) is 48.5 Å². The highest BCUT2D eigenvalue weighted by Gasteiger charge is 2.22. The van der Waals surface area contributed by atoms with Crippen LogP contribution in [0.1, 0.15) is 18.4 Å². The van der Waals surface area contributed by atoms with Gasteiger partial charge in [-0.15, -0.1) is 0 Å². The number of aromatic nitrogens is 1. The van der Waals surface area contributed by atoms with Gasteiger partial charge in [0.05, 0.1) is 4.70 Å². The van der Waals surface area contributed by atoms with Gasteiger partial charge in [0.15, 0.2) is 5.13 Å². The molecule has 117 valence electrons. The summed E-state index contributed by atoms with van der Waals surface area (Å²) < 4.78 is 0.999. The van der Waals surface area contributed by atoms with Crippen molar-refractivity contribution in [2.24, 2.45) is 5.92 Å². The first-order valence-electron chi connectivity index (χ1n) is 8.15. The Hall–Kier alpha value is -2.07. The normalized spacial score (nSPS) is 16.1. The number of anilines is 1. The highest BCUT2D eigenvalue weighted by Crippen LogP contribution is 2.35. The maximum absolute atomic E-state index is 11.9. The first-order chi connectivity index (χ1) is 11.3. The summed E-state index contributed by atoms with van der Waals surface area (Å²) in [4.78, 5) is 6.92. The maximum atomic E-state index is 11.9. The Labute approximate surface area is 140 Å². The van der Waals surface area contributed by atoms with Crippen LogP contribution >= 0.6 is 11.3 Å². The molecule has 0 bridgehead atoms. The van der Waals surface area contributed by atoms with Gasteiger partial charge in [-0.3, -0.25) is 5.11 Å². The summed E-state index contributed by atoms with van der Waals surface area (Å²) in [6.45, 7) is 2.07. The fourth-order valence-electron chi connectivity index (χ4n) is 3.32. The Morgan fingerprint density at radius 3 is 2.57 bits per heavy atom. The zero-order chi connectivity index (χ0) is 15.6. The zero-order valence-electron chi connectivity index (χ0n) is 12.9. The van der Waals surface area contributed by atoms with E-state index < -0.39 is 0 Å². The monoisotopic (exact) mass is 323 g/mol. The van der Waals surface area contributed by atoms with Gasteiger partial charge in [0, 0.05) is 13.1 Å². The van der Waals surface area contributed by atoms with Crippen LogP contribution in [0.4, 0.5) is 5.13 Å². The molecule has 0 unspecified atom stereocenters. The topological polar surface area (TPSA) is 36.0 Å². The molecule has 23 heavy (non-hydrogen) atoms. The third-order valence-electron chi connectivity index (χ3n) is 4.62. The van der Waals surface area contributed by atoms with Gasteiger partial charge in [-0.1, -0.05) is 47.7 Å². The molecule has 0 amide bonds. The fraction of sp³-hybridized carbons (Fsp3) is 0.316. The van der Waals surface area contributed by atoms with Crippen LogP contribution < -0.4 is 4.90 Å². The van der Waals surface area contributed by atoms with E-state index in [0.717, 1.165) is 28.8 Å².